The Labute approximate surface area is 176 Å². The number of para-hydroxylation sites is 1. The third-order valence-corrected chi connectivity index (χ3v) is 3.71. The minimum Gasteiger partial charge on any atom is -0.491 e. The largest absolute Gasteiger partial charge is 0.491 e. The number of guanidine groups is 1. The number of ether oxygens (including phenoxy) is 2. The summed E-state index contributed by atoms with van der Waals surface area (Å²) in [6.45, 7) is 13.0. The summed E-state index contributed by atoms with van der Waals surface area (Å²) in [6.07, 6.45) is 2.08. The van der Waals surface area contributed by atoms with Crippen LogP contribution in [0.4, 0.5) is 0 Å². The number of unbranched alkanes of at least 4 members (excludes halogenated alkanes) is 1. The van der Waals surface area contributed by atoms with E-state index in [0.717, 1.165) is 57.4 Å². The summed E-state index contributed by atoms with van der Waals surface area (Å²) < 4.78 is 11.3. The highest BCUT2D eigenvalue weighted by atomic mass is 127. The van der Waals surface area contributed by atoms with Gasteiger partial charge in [-0.25, -0.2) is 0 Å². The summed E-state index contributed by atoms with van der Waals surface area (Å²) >= 11 is 0. The van der Waals surface area contributed by atoms with E-state index in [4.69, 9.17) is 9.47 Å². The van der Waals surface area contributed by atoms with Gasteiger partial charge in [0.2, 0.25) is 0 Å². The van der Waals surface area contributed by atoms with Crippen LogP contribution in [0.3, 0.4) is 0 Å². The third kappa shape index (κ3) is 10.9. The van der Waals surface area contributed by atoms with Crippen LogP contribution < -0.4 is 15.4 Å². The van der Waals surface area contributed by atoms with Crippen LogP contribution in [0.5, 0.6) is 5.75 Å². The van der Waals surface area contributed by atoms with Crippen molar-refractivity contribution in [3.05, 3.63) is 29.8 Å². The molecule has 0 aliphatic rings. The fourth-order valence-electron chi connectivity index (χ4n) is 2.41. The van der Waals surface area contributed by atoms with Crippen molar-refractivity contribution in [2.45, 2.75) is 46.5 Å². The molecule has 0 atom stereocenters. The van der Waals surface area contributed by atoms with Crippen molar-refractivity contribution in [2.24, 2.45) is 4.99 Å². The summed E-state index contributed by atoms with van der Waals surface area (Å²) in [7, 11) is 0. The molecule has 0 unspecified atom stereocenters. The second-order valence-corrected chi connectivity index (χ2v) is 6.13. The predicted octanol–water partition coefficient (Wildman–Crippen LogP) is 4.18. The number of rotatable bonds is 12. The fourth-order valence-corrected chi connectivity index (χ4v) is 2.41. The average molecular weight is 477 g/mol. The van der Waals surface area contributed by atoms with E-state index >= 15 is 0 Å². The first kappa shape index (κ1) is 25.0. The molecule has 1 rings (SSSR count). The number of benzene rings is 1. The summed E-state index contributed by atoms with van der Waals surface area (Å²) in [5.41, 5.74) is 1.25. The molecule has 0 aliphatic carbocycles. The molecule has 0 radical (unpaired) electrons. The Kier molecular flexibility index (Phi) is 15.5. The number of aliphatic imine (C=N–C) groups is 1. The molecule has 0 spiro atoms. The zero-order valence-electron chi connectivity index (χ0n) is 16.7. The molecule has 0 heterocycles. The molecule has 0 saturated carbocycles. The van der Waals surface area contributed by atoms with E-state index in [-0.39, 0.29) is 24.0 Å². The maximum Gasteiger partial charge on any atom is 0.191 e. The molecule has 5 nitrogen and oxygen atoms in total. The van der Waals surface area contributed by atoms with Crippen LogP contribution >= 0.6 is 24.0 Å². The summed E-state index contributed by atoms with van der Waals surface area (Å²) in [5.74, 6) is 2.27. The van der Waals surface area contributed by atoms with E-state index in [9.17, 15) is 0 Å². The van der Waals surface area contributed by atoms with Gasteiger partial charge in [0.25, 0.3) is 0 Å². The number of hydrogen-bond donors (Lipinski definition) is 2. The summed E-state index contributed by atoms with van der Waals surface area (Å²) in [5, 5.41) is 6.59. The number of halogens is 1. The molecular weight excluding hydrogens is 441 g/mol. The Balaban J connectivity index is 0.00000625. The van der Waals surface area contributed by atoms with Gasteiger partial charge in [-0.1, -0.05) is 32.0 Å². The van der Waals surface area contributed by atoms with Gasteiger partial charge < -0.3 is 20.1 Å². The second-order valence-electron chi connectivity index (χ2n) is 6.13. The van der Waals surface area contributed by atoms with Gasteiger partial charge >= 0.3 is 0 Å². The molecule has 0 bridgehead atoms. The molecule has 26 heavy (non-hydrogen) atoms. The monoisotopic (exact) mass is 477 g/mol. The SMILES string of the molecule is CCNC(=NCCCCOCC)NCCOc1ccccc1C(C)C.I. The molecule has 0 aromatic heterocycles. The van der Waals surface area contributed by atoms with Gasteiger partial charge in [-0.05, 0) is 44.2 Å². The number of nitrogens with zero attached hydrogens (tertiary/aromatic N) is 1. The van der Waals surface area contributed by atoms with Crippen molar-refractivity contribution >= 4 is 29.9 Å². The van der Waals surface area contributed by atoms with Gasteiger partial charge in [0.15, 0.2) is 5.96 Å². The molecule has 0 aliphatic heterocycles. The Hall–Kier alpha value is -1.02. The maximum absolute atomic E-state index is 5.94. The highest BCUT2D eigenvalue weighted by molar-refractivity contribution is 14.0. The number of nitrogens with one attached hydrogen (secondary N) is 2. The van der Waals surface area contributed by atoms with Gasteiger partial charge in [0.05, 0.1) is 6.54 Å². The van der Waals surface area contributed by atoms with Gasteiger partial charge in [-0.2, -0.15) is 0 Å². The lowest BCUT2D eigenvalue weighted by Crippen LogP contribution is -2.39. The molecule has 1 aromatic carbocycles. The van der Waals surface area contributed by atoms with Crippen molar-refractivity contribution in [1.82, 2.24) is 10.6 Å². The first-order valence-electron chi connectivity index (χ1n) is 9.50. The smallest absolute Gasteiger partial charge is 0.191 e. The molecule has 1 aromatic rings. The quantitative estimate of drug-likeness (QED) is 0.205. The van der Waals surface area contributed by atoms with Crippen molar-refractivity contribution in [3.63, 3.8) is 0 Å². The van der Waals surface area contributed by atoms with Crippen molar-refractivity contribution in [2.75, 3.05) is 39.5 Å². The van der Waals surface area contributed by atoms with Crippen molar-refractivity contribution in [3.8, 4) is 5.75 Å². The van der Waals surface area contributed by atoms with Crippen LogP contribution in [-0.2, 0) is 4.74 Å². The summed E-state index contributed by atoms with van der Waals surface area (Å²) in [4.78, 5) is 4.58. The van der Waals surface area contributed by atoms with Gasteiger partial charge in [-0.3, -0.25) is 4.99 Å². The third-order valence-electron chi connectivity index (χ3n) is 3.71. The first-order valence-corrected chi connectivity index (χ1v) is 9.50. The topological polar surface area (TPSA) is 54.9 Å². The zero-order valence-corrected chi connectivity index (χ0v) is 19.0. The van der Waals surface area contributed by atoms with Crippen LogP contribution in [0.15, 0.2) is 29.3 Å². The molecule has 0 amide bonds. The van der Waals surface area contributed by atoms with E-state index < -0.39 is 0 Å². The van der Waals surface area contributed by atoms with Crippen LogP contribution in [0.1, 0.15) is 52.0 Å². The highest BCUT2D eigenvalue weighted by Crippen LogP contribution is 2.25. The van der Waals surface area contributed by atoms with Gasteiger partial charge in [-0.15, -0.1) is 24.0 Å². The maximum atomic E-state index is 5.94. The lowest BCUT2D eigenvalue weighted by atomic mass is 10.0. The van der Waals surface area contributed by atoms with E-state index in [1.54, 1.807) is 0 Å². The van der Waals surface area contributed by atoms with Gasteiger partial charge in [0, 0.05) is 26.3 Å². The second kappa shape index (κ2) is 16.2. The lowest BCUT2D eigenvalue weighted by molar-refractivity contribution is 0.144. The Morgan fingerprint density at radius 3 is 2.54 bits per heavy atom. The Morgan fingerprint density at radius 1 is 1.08 bits per heavy atom. The summed E-state index contributed by atoms with van der Waals surface area (Å²) in [6, 6.07) is 8.23. The van der Waals surface area contributed by atoms with Crippen LogP contribution in [0.25, 0.3) is 0 Å². The van der Waals surface area contributed by atoms with Crippen LogP contribution in [-0.4, -0.2) is 45.4 Å². The molecule has 6 heteroatoms. The van der Waals surface area contributed by atoms with E-state index in [1.807, 2.05) is 19.1 Å². The average Bonchev–Trinajstić information content (AvgIpc) is 2.61. The normalized spacial score (nSPS) is 11.2. The molecule has 2 N–H and O–H groups in total. The molecule has 150 valence electrons. The zero-order chi connectivity index (χ0) is 18.3. The number of hydrogen-bond acceptors (Lipinski definition) is 3. The minimum absolute atomic E-state index is 0. The Bertz CT molecular complexity index is 496. The van der Waals surface area contributed by atoms with Crippen LogP contribution in [0.2, 0.25) is 0 Å². The first-order chi connectivity index (χ1) is 12.2. The van der Waals surface area contributed by atoms with Crippen molar-refractivity contribution in [1.29, 1.82) is 0 Å². The standard InChI is InChI=1S/C20H35N3O2.HI/c1-5-21-20(22-13-9-10-15-24-6-2)23-14-16-25-19-12-8-7-11-18(19)17(3)4;/h7-8,11-12,17H,5-6,9-10,13-16H2,1-4H3,(H2,21,22,23);1H. The van der Waals surface area contributed by atoms with Crippen molar-refractivity contribution < 1.29 is 9.47 Å². The van der Waals surface area contributed by atoms with E-state index in [2.05, 4.69) is 48.5 Å². The lowest BCUT2D eigenvalue weighted by Gasteiger charge is -2.15. The molecule has 0 fully saturated rings. The molecule has 0 saturated heterocycles. The highest BCUT2D eigenvalue weighted by Gasteiger charge is 2.06. The van der Waals surface area contributed by atoms with Crippen LogP contribution in [0, 0.1) is 0 Å². The fraction of sp³-hybridized carbons (Fsp3) is 0.650. The minimum atomic E-state index is 0. The Morgan fingerprint density at radius 2 is 1.85 bits per heavy atom. The van der Waals surface area contributed by atoms with E-state index in [1.165, 1.54) is 5.56 Å². The molecular formula is C20H36IN3O2. The van der Waals surface area contributed by atoms with E-state index in [0.29, 0.717) is 12.5 Å². The van der Waals surface area contributed by atoms with Gasteiger partial charge in [0.1, 0.15) is 12.4 Å². The predicted molar refractivity (Wildman–Crippen MR) is 121 cm³/mol.